The van der Waals surface area contributed by atoms with Crippen molar-refractivity contribution in [3.05, 3.63) is 82.0 Å². The third-order valence-electron chi connectivity index (χ3n) is 4.26. The molecule has 1 heterocycles. The lowest BCUT2D eigenvalue weighted by Gasteiger charge is -2.12. The number of rotatable bonds is 5. The van der Waals surface area contributed by atoms with Crippen molar-refractivity contribution in [1.82, 2.24) is 4.98 Å². The number of ether oxygens (including phenoxy) is 1. The molecule has 0 saturated carbocycles. The molecule has 0 radical (unpaired) electrons. The van der Waals surface area contributed by atoms with Crippen LogP contribution in [0.3, 0.4) is 0 Å². The molecule has 2 N–H and O–H groups in total. The Labute approximate surface area is 170 Å². The summed E-state index contributed by atoms with van der Waals surface area (Å²) in [5.41, 5.74) is 7.81. The Morgan fingerprint density at radius 1 is 1.14 bits per heavy atom. The first-order chi connectivity index (χ1) is 13.6. The molecule has 3 aromatic rings. The van der Waals surface area contributed by atoms with Crippen molar-refractivity contribution < 1.29 is 22.7 Å². The quantitative estimate of drug-likeness (QED) is 0.600. The van der Waals surface area contributed by atoms with E-state index in [1.54, 1.807) is 37.4 Å². The molecule has 0 spiro atoms. The number of halogens is 4. The van der Waals surface area contributed by atoms with Gasteiger partial charge in [-0.2, -0.15) is 13.2 Å². The number of nitrogens with two attached hydrogens (primary N) is 1. The largest absolute Gasteiger partial charge is 0.489 e. The van der Waals surface area contributed by atoms with Crippen LogP contribution in [0.1, 0.15) is 27.0 Å². The number of alkyl halides is 3. The summed E-state index contributed by atoms with van der Waals surface area (Å²) in [7, 11) is 0. The molecule has 0 aliphatic carbocycles. The number of aromatic nitrogens is 1. The van der Waals surface area contributed by atoms with E-state index in [9.17, 15) is 18.0 Å². The number of hydrogen-bond donors (Lipinski definition) is 1. The van der Waals surface area contributed by atoms with E-state index in [2.05, 4.69) is 4.98 Å². The minimum Gasteiger partial charge on any atom is -0.489 e. The monoisotopic (exact) mass is 420 g/mol. The van der Waals surface area contributed by atoms with Crippen molar-refractivity contribution in [1.29, 1.82) is 0 Å². The molecule has 0 fully saturated rings. The summed E-state index contributed by atoms with van der Waals surface area (Å²) >= 11 is 5.71. The highest BCUT2D eigenvalue weighted by molar-refractivity contribution is 6.31. The van der Waals surface area contributed by atoms with Gasteiger partial charge in [0.1, 0.15) is 12.4 Å². The van der Waals surface area contributed by atoms with E-state index in [-0.39, 0.29) is 12.4 Å². The molecule has 0 aliphatic rings. The average molecular weight is 421 g/mol. The van der Waals surface area contributed by atoms with Gasteiger partial charge in [-0.05, 0) is 60.5 Å². The molecule has 0 saturated heterocycles. The van der Waals surface area contributed by atoms with Crippen LogP contribution >= 0.6 is 11.6 Å². The van der Waals surface area contributed by atoms with Crippen molar-refractivity contribution in [3.63, 3.8) is 0 Å². The Morgan fingerprint density at radius 2 is 1.90 bits per heavy atom. The van der Waals surface area contributed by atoms with Crippen molar-refractivity contribution in [2.45, 2.75) is 19.7 Å². The van der Waals surface area contributed by atoms with Gasteiger partial charge in [-0.3, -0.25) is 9.78 Å². The van der Waals surface area contributed by atoms with Crippen LogP contribution in [-0.4, -0.2) is 10.9 Å². The third kappa shape index (κ3) is 4.86. The molecule has 150 valence electrons. The number of nitrogens with zero attached hydrogens (tertiary/aromatic N) is 1. The molecule has 1 amide bonds. The van der Waals surface area contributed by atoms with E-state index in [1.165, 1.54) is 6.07 Å². The lowest BCUT2D eigenvalue weighted by molar-refractivity contribution is -0.137. The van der Waals surface area contributed by atoms with E-state index in [0.29, 0.717) is 11.3 Å². The smallest absolute Gasteiger partial charge is 0.417 e. The minimum absolute atomic E-state index is 0.121. The van der Waals surface area contributed by atoms with Crippen molar-refractivity contribution >= 4 is 17.5 Å². The average Bonchev–Trinajstić information content (AvgIpc) is 2.65. The molecule has 29 heavy (non-hydrogen) atoms. The zero-order valence-corrected chi connectivity index (χ0v) is 16.0. The maximum absolute atomic E-state index is 12.8. The van der Waals surface area contributed by atoms with Gasteiger partial charge >= 0.3 is 6.18 Å². The zero-order valence-electron chi connectivity index (χ0n) is 15.3. The van der Waals surface area contributed by atoms with E-state index in [4.69, 9.17) is 22.1 Å². The maximum atomic E-state index is 12.8. The van der Waals surface area contributed by atoms with Gasteiger partial charge < -0.3 is 10.5 Å². The summed E-state index contributed by atoms with van der Waals surface area (Å²) in [5, 5.41) is -0.421. The fourth-order valence-electron chi connectivity index (χ4n) is 2.80. The maximum Gasteiger partial charge on any atom is 0.417 e. The number of primary amides is 1. The predicted octanol–water partition coefficient (Wildman–Crippen LogP) is 5.41. The van der Waals surface area contributed by atoms with Crippen molar-refractivity contribution in [2.75, 3.05) is 0 Å². The van der Waals surface area contributed by atoms with Crippen LogP contribution in [0.15, 0.2) is 54.7 Å². The van der Waals surface area contributed by atoms with Crippen LogP contribution in [0.4, 0.5) is 13.2 Å². The topological polar surface area (TPSA) is 65.2 Å². The second kappa shape index (κ2) is 8.13. The molecule has 0 bridgehead atoms. The molecule has 4 nitrogen and oxygen atoms in total. The lowest BCUT2D eigenvalue weighted by Crippen LogP contribution is -2.12. The first-order valence-electron chi connectivity index (χ1n) is 8.50. The standard InChI is InChI=1S/C21H16ClF3N2O2/c1-12-8-14(2-4-16(12)20(26)28)19-9-13(6-7-27-19)11-29-15-3-5-17(18(22)10-15)21(23,24)25/h2-10H,11H2,1H3,(H2,26,28). The van der Waals surface area contributed by atoms with Gasteiger partial charge in [0, 0.05) is 17.3 Å². The summed E-state index contributed by atoms with van der Waals surface area (Å²) in [5.74, 6) is -0.276. The summed E-state index contributed by atoms with van der Waals surface area (Å²) < 4.78 is 43.9. The van der Waals surface area contributed by atoms with Gasteiger partial charge in [0.25, 0.3) is 0 Å². The highest BCUT2D eigenvalue weighted by Gasteiger charge is 2.33. The van der Waals surface area contributed by atoms with Crippen LogP contribution in [0.2, 0.25) is 5.02 Å². The Hall–Kier alpha value is -3.06. The number of carbonyl (C=O) groups is 1. The predicted molar refractivity (Wildman–Crippen MR) is 104 cm³/mol. The van der Waals surface area contributed by atoms with Crippen LogP contribution in [0.5, 0.6) is 5.75 Å². The molecular formula is C21H16ClF3N2O2. The lowest BCUT2D eigenvalue weighted by atomic mass is 10.0. The van der Waals surface area contributed by atoms with Gasteiger partial charge in [-0.15, -0.1) is 0 Å². The van der Waals surface area contributed by atoms with E-state index >= 15 is 0 Å². The van der Waals surface area contributed by atoms with Gasteiger partial charge in [0.15, 0.2) is 0 Å². The van der Waals surface area contributed by atoms with E-state index < -0.39 is 22.7 Å². The zero-order chi connectivity index (χ0) is 21.2. The number of hydrogen-bond acceptors (Lipinski definition) is 3. The third-order valence-corrected chi connectivity index (χ3v) is 4.58. The highest BCUT2D eigenvalue weighted by Crippen LogP contribution is 2.36. The van der Waals surface area contributed by atoms with Crippen molar-refractivity contribution in [2.24, 2.45) is 5.73 Å². The van der Waals surface area contributed by atoms with Gasteiger partial charge in [-0.1, -0.05) is 17.7 Å². The van der Waals surface area contributed by atoms with Crippen LogP contribution < -0.4 is 10.5 Å². The first-order valence-corrected chi connectivity index (χ1v) is 8.88. The Kier molecular flexibility index (Phi) is 5.79. The van der Waals surface area contributed by atoms with Gasteiger partial charge in [0.05, 0.1) is 16.3 Å². The number of amides is 1. The SMILES string of the molecule is Cc1cc(-c2cc(COc3ccc(C(F)(F)F)c(Cl)c3)ccn2)ccc1C(N)=O. The van der Waals surface area contributed by atoms with Crippen LogP contribution in [0.25, 0.3) is 11.3 Å². The summed E-state index contributed by atoms with van der Waals surface area (Å²) in [6.45, 7) is 1.90. The Balaban J connectivity index is 1.76. The highest BCUT2D eigenvalue weighted by atomic mass is 35.5. The number of pyridine rings is 1. The Morgan fingerprint density at radius 3 is 2.52 bits per heavy atom. The fourth-order valence-corrected chi connectivity index (χ4v) is 3.08. The van der Waals surface area contributed by atoms with Crippen molar-refractivity contribution in [3.8, 4) is 17.0 Å². The summed E-state index contributed by atoms with van der Waals surface area (Å²) in [6, 6.07) is 12.0. The number of benzene rings is 2. The second-order valence-electron chi connectivity index (χ2n) is 6.37. The molecule has 0 atom stereocenters. The normalized spacial score (nSPS) is 11.3. The second-order valence-corrected chi connectivity index (χ2v) is 6.78. The molecule has 0 aliphatic heterocycles. The fraction of sp³-hybridized carbons (Fsp3) is 0.143. The van der Waals surface area contributed by atoms with Crippen LogP contribution in [0, 0.1) is 6.92 Å². The van der Waals surface area contributed by atoms with E-state index in [1.807, 2.05) is 6.07 Å². The summed E-state index contributed by atoms with van der Waals surface area (Å²) in [6.07, 6.45) is -2.91. The molecular weight excluding hydrogens is 405 g/mol. The van der Waals surface area contributed by atoms with E-state index in [0.717, 1.165) is 28.8 Å². The molecule has 2 aromatic carbocycles. The number of carbonyl (C=O) groups excluding carboxylic acids is 1. The number of aryl methyl sites for hydroxylation is 1. The summed E-state index contributed by atoms with van der Waals surface area (Å²) in [4.78, 5) is 15.7. The first kappa shape index (κ1) is 20.7. The molecule has 0 unspecified atom stereocenters. The molecule has 1 aromatic heterocycles. The van der Waals surface area contributed by atoms with Gasteiger partial charge in [-0.25, -0.2) is 0 Å². The molecule has 8 heteroatoms. The van der Waals surface area contributed by atoms with Crippen LogP contribution in [-0.2, 0) is 12.8 Å². The minimum atomic E-state index is -4.52. The molecule has 3 rings (SSSR count). The Bertz CT molecular complexity index is 1070. The van der Waals surface area contributed by atoms with Gasteiger partial charge in [0.2, 0.25) is 5.91 Å².